The Balaban J connectivity index is 1.53. The second kappa shape index (κ2) is 6.99. The van der Waals surface area contributed by atoms with Gasteiger partial charge in [-0.2, -0.15) is 0 Å². The van der Waals surface area contributed by atoms with Gasteiger partial charge in [0.25, 0.3) is 0 Å². The first-order valence-electron chi connectivity index (χ1n) is 9.21. The average molecular weight is 379 g/mol. The van der Waals surface area contributed by atoms with Crippen LogP contribution in [0.4, 0.5) is 5.69 Å². The smallest absolute Gasteiger partial charge is 0.408 e. The summed E-state index contributed by atoms with van der Waals surface area (Å²) in [4.78, 5) is 41.0. The van der Waals surface area contributed by atoms with Crippen LogP contribution in [0.3, 0.4) is 0 Å². The first-order valence-corrected chi connectivity index (χ1v) is 9.21. The number of carbonyl (C=O) groups is 2. The molecule has 7 nitrogen and oxygen atoms in total. The highest BCUT2D eigenvalue weighted by atomic mass is 16.4. The Morgan fingerprint density at radius 3 is 2.46 bits per heavy atom. The Hall–Kier alpha value is -3.35. The SMILES string of the molecule is Cc1ccc(N2CCN(C(=O)[C@H](C)n3c(=O)oc4ccccc43)CC2=O)cc1. The van der Waals surface area contributed by atoms with Crippen LogP contribution in [-0.2, 0) is 9.59 Å². The van der Waals surface area contributed by atoms with Crippen LogP contribution in [0.5, 0.6) is 0 Å². The third-order valence-corrected chi connectivity index (χ3v) is 5.14. The highest BCUT2D eigenvalue weighted by Crippen LogP contribution is 2.21. The highest BCUT2D eigenvalue weighted by molar-refractivity contribution is 5.98. The molecule has 7 heteroatoms. The van der Waals surface area contributed by atoms with Gasteiger partial charge in [-0.3, -0.25) is 14.2 Å². The largest absolute Gasteiger partial charge is 0.420 e. The monoisotopic (exact) mass is 379 g/mol. The number of rotatable bonds is 3. The highest BCUT2D eigenvalue weighted by Gasteiger charge is 2.32. The Morgan fingerprint density at radius 1 is 1.04 bits per heavy atom. The van der Waals surface area contributed by atoms with Crippen molar-refractivity contribution in [1.29, 1.82) is 0 Å². The predicted octanol–water partition coefficient (Wildman–Crippen LogP) is 2.34. The maximum absolute atomic E-state index is 13.0. The van der Waals surface area contributed by atoms with Gasteiger partial charge >= 0.3 is 5.76 Å². The van der Waals surface area contributed by atoms with Crippen LogP contribution in [-0.4, -0.2) is 40.9 Å². The number of aromatic nitrogens is 1. The van der Waals surface area contributed by atoms with Gasteiger partial charge in [-0.1, -0.05) is 29.8 Å². The summed E-state index contributed by atoms with van der Waals surface area (Å²) in [5, 5.41) is 0. The van der Waals surface area contributed by atoms with E-state index in [9.17, 15) is 14.4 Å². The lowest BCUT2D eigenvalue weighted by atomic mass is 10.1. The quantitative estimate of drug-likeness (QED) is 0.700. The van der Waals surface area contributed by atoms with Crippen molar-refractivity contribution in [1.82, 2.24) is 9.47 Å². The Labute approximate surface area is 161 Å². The van der Waals surface area contributed by atoms with E-state index in [0.717, 1.165) is 11.3 Å². The number of hydrogen-bond donors (Lipinski definition) is 0. The van der Waals surface area contributed by atoms with Crippen molar-refractivity contribution in [2.45, 2.75) is 19.9 Å². The molecule has 1 atom stereocenters. The zero-order valence-corrected chi connectivity index (χ0v) is 15.8. The lowest BCUT2D eigenvalue weighted by Crippen LogP contribution is -2.54. The summed E-state index contributed by atoms with van der Waals surface area (Å²) >= 11 is 0. The van der Waals surface area contributed by atoms with E-state index < -0.39 is 11.8 Å². The molecule has 2 aromatic carbocycles. The van der Waals surface area contributed by atoms with Crippen LogP contribution in [0.2, 0.25) is 0 Å². The van der Waals surface area contributed by atoms with Crippen LogP contribution in [0.15, 0.2) is 57.7 Å². The number of anilines is 1. The van der Waals surface area contributed by atoms with Gasteiger partial charge in [-0.05, 0) is 38.1 Å². The van der Waals surface area contributed by atoms with Gasteiger partial charge < -0.3 is 14.2 Å². The molecule has 0 unspecified atom stereocenters. The number of carbonyl (C=O) groups excluding carboxylic acids is 2. The zero-order chi connectivity index (χ0) is 19.8. The molecule has 0 radical (unpaired) electrons. The molecular weight excluding hydrogens is 358 g/mol. The van der Waals surface area contributed by atoms with Crippen LogP contribution < -0.4 is 10.7 Å². The molecule has 1 fully saturated rings. The fourth-order valence-electron chi connectivity index (χ4n) is 3.58. The number of piperazine rings is 1. The number of hydrogen-bond acceptors (Lipinski definition) is 4. The molecule has 0 N–H and O–H groups in total. The van der Waals surface area contributed by atoms with E-state index >= 15 is 0 Å². The molecule has 3 aromatic rings. The third kappa shape index (κ3) is 3.09. The molecule has 2 amide bonds. The van der Waals surface area contributed by atoms with Gasteiger partial charge in [-0.15, -0.1) is 0 Å². The standard InChI is InChI=1S/C21H21N3O4/c1-14-7-9-16(10-8-14)23-12-11-22(13-19(23)25)20(26)15(2)24-17-5-3-4-6-18(17)28-21(24)27/h3-10,15H,11-13H2,1-2H3/t15-/m0/s1. The molecular formula is C21H21N3O4. The summed E-state index contributed by atoms with van der Waals surface area (Å²) in [5.41, 5.74) is 2.95. The molecule has 1 aromatic heterocycles. The van der Waals surface area contributed by atoms with Crippen molar-refractivity contribution in [3.8, 4) is 0 Å². The molecule has 1 aliphatic rings. The molecule has 1 saturated heterocycles. The number of benzene rings is 2. The van der Waals surface area contributed by atoms with Gasteiger partial charge in [0.2, 0.25) is 11.8 Å². The Morgan fingerprint density at radius 2 is 1.75 bits per heavy atom. The van der Waals surface area contributed by atoms with E-state index in [0.29, 0.717) is 24.2 Å². The summed E-state index contributed by atoms with van der Waals surface area (Å²) in [5.74, 6) is -0.989. The fraction of sp³-hybridized carbons (Fsp3) is 0.286. The maximum atomic E-state index is 13.0. The van der Waals surface area contributed by atoms with E-state index in [2.05, 4.69) is 0 Å². The van der Waals surface area contributed by atoms with Crippen molar-refractivity contribution < 1.29 is 14.0 Å². The van der Waals surface area contributed by atoms with Gasteiger partial charge in [-0.25, -0.2) is 4.79 Å². The lowest BCUT2D eigenvalue weighted by Gasteiger charge is -2.35. The van der Waals surface area contributed by atoms with Crippen molar-refractivity contribution >= 4 is 28.6 Å². The van der Waals surface area contributed by atoms with E-state index in [1.807, 2.05) is 31.2 Å². The van der Waals surface area contributed by atoms with Crippen LogP contribution in [0.25, 0.3) is 11.1 Å². The van der Waals surface area contributed by atoms with Gasteiger partial charge in [0.05, 0.1) is 5.52 Å². The fourth-order valence-corrected chi connectivity index (χ4v) is 3.58. The summed E-state index contributed by atoms with van der Waals surface area (Å²) in [7, 11) is 0. The molecule has 4 rings (SSSR count). The minimum Gasteiger partial charge on any atom is -0.408 e. The van der Waals surface area contributed by atoms with E-state index in [-0.39, 0.29) is 18.4 Å². The Kier molecular flexibility index (Phi) is 4.50. The number of para-hydroxylation sites is 2. The molecule has 28 heavy (non-hydrogen) atoms. The van der Waals surface area contributed by atoms with Crippen LogP contribution in [0.1, 0.15) is 18.5 Å². The molecule has 2 heterocycles. The summed E-state index contributed by atoms with van der Waals surface area (Å²) in [6.07, 6.45) is 0. The number of aryl methyl sites for hydroxylation is 1. The van der Waals surface area contributed by atoms with Gasteiger partial charge in [0.15, 0.2) is 5.58 Å². The molecule has 0 aliphatic carbocycles. The van der Waals surface area contributed by atoms with Crippen molar-refractivity contribution in [2.75, 3.05) is 24.5 Å². The lowest BCUT2D eigenvalue weighted by molar-refractivity contribution is -0.139. The minimum atomic E-state index is -0.755. The number of nitrogens with zero attached hydrogens (tertiary/aromatic N) is 3. The van der Waals surface area contributed by atoms with Crippen LogP contribution in [0, 0.1) is 6.92 Å². The second-order valence-corrected chi connectivity index (χ2v) is 7.02. The van der Waals surface area contributed by atoms with E-state index in [1.54, 1.807) is 36.1 Å². The van der Waals surface area contributed by atoms with Gasteiger partial charge in [0.1, 0.15) is 12.6 Å². The molecule has 144 valence electrons. The first-order chi connectivity index (χ1) is 13.5. The van der Waals surface area contributed by atoms with E-state index in [4.69, 9.17) is 4.42 Å². The van der Waals surface area contributed by atoms with Crippen molar-refractivity contribution in [3.05, 3.63) is 64.6 Å². The second-order valence-electron chi connectivity index (χ2n) is 7.02. The maximum Gasteiger partial charge on any atom is 0.420 e. The normalized spacial score (nSPS) is 15.9. The topological polar surface area (TPSA) is 75.8 Å². The number of amides is 2. The van der Waals surface area contributed by atoms with Gasteiger partial charge in [0, 0.05) is 18.8 Å². The summed E-state index contributed by atoms with van der Waals surface area (Å²) in [6.45, 7) is 4.46. The zero-order valence-electron chi connectivity index (χ0n) is 15.8. The first kappa shape index (κ1) is 18.0. The number of fused-ring (bicyclic) bond motifs is 1. The average Bonchev–Trinajstić information content (AvgIpc) is 3.03. The predicted molar refractivity (Wildman–Crippen MR) is 105 cm³/mol. The van der Waals surface area contributed by atoms with Crippen molar-refractivity contribution in [2.24, 2.45) is 0 Å². The van der Waals surface area contributed by atoms with Crippen LogP contribution >= 0.6 is 0 Å². The molecule has 1 aliphatic heterocycles. The Bertz CT molecular complexity index is 1100. The summed E-state index contributed by atoms with van der Waals surface area (Å²) in [6, 6.07) is 14.0. The number of oxazole rings is 1. The van der Waals surface area contributed by atoms with E-state index in [1.165, 1.54) is 9.47 Å². The summed E-state index contributed by atoms with van der Waals surface area (Å²) < 4.78 is 6.57. The minimum absolute atomic E-state index is 0.0123. The van der Waals surface area contributed by atoms with Crippen molar-refractivity contribution in [3.63, 3.8) is 0 Å². The molecule has 0 bridgehead atoms. The molecule has 0 saturated carbocycles. The third-order valence-electron chi connectivity index (χ3n) is 5.14. The molecule has 0 spiro atoms.